The van der Waals surface area contributed by atoms with Gasteiger partial charge in [-0.05, 0) is 67.9 Å². The number of aryl methyl sites for hydroxylation is 3. The molecule has 31 heavy (non-hydrogen) atoms. The number of aromatic nitrogens is 1. The Balaban J connectivity index is 1.55. The molecule has 0 spiro atoms. The number of piperidine rings is 1. The predicted molar refractivity (Wildman–Crippen MR) is 119 cm³/mol. The van der Waals surface area contributed by atoms with Gasteiger partial charge in [0, 0.05) is 24.3 Å². The summed E-state index contributed by atoms with van der Waals surface area (Å²) in [6, 6.07) is 7.60. The Bertz CT molecular complexity index is 1050. The van der Waals surface area contributed by atoms with E-state index in [9.17, 15) is 14.4 Å². The minimum Gasteiger partial charge on any atom is -0.327 e. The molecule has 4 rings (SSSR count). The van der Waals surface area contributed by atoms with Gasteiger partial charge in [0.25, 0.3) is 0 Å². The fourth-order valence-electron chi connectivity index (χ4n) is 4.36. The number of benzene rings is 1. The molecule has 0 aliphatic carbocycles. The quantitative estimate of drug-likeness (QED) is 0.727. The van der Waals surface area contributed by atoms with E-state index in [1.807, 2.05) is 32.0 Å². The molecule has 2 atom stereocenters. The van der Waals surface area contributed by atoms with Crippen LogP contribution in [0, 0.1) is 19.8 Å². The molecule has 7 heteroatoms. The summed E-state index contributed by atoms with van der Waals surface area (Å²) in [5.41, 5.74) is 5.29. The van der Waals surface area contributed by atoms with E-state index >= 15 is 0 Å². The fraction of sp³-hybridized carbons (Fsp3) is 0.417. The van der Waals surface area contributed by atoms with Crippen molar-refractivity contribution in [2.75, 3.05) is 17.2 Å². The number of rotatable bonds is 2. The number of carbonyl (C=O) groups excluding carboxylic acids is 3. The van der Waals surface area contributed by atoms with E-state index in [1.165, 1.54) is 0 Å². The highest BCUT2D eigenvalue weighted by atomic mass is 16.2. The first-order chi connectivity index (χ1) is 14.8. The number of anilines is 2. The Morgan fingerprint density at radius 1 is 1.16 bits per heavy atom. The molecule has 2 aromatic rings. The minimum atomic E-state index is -0.644. The van der Waals surface area contributed by atoms with Crippen molar-refractivity contribution in [2.24, 2.45) is 5.92 Å². The third kappa shape index (κ3) is 4.45. The van der Waals surface area contributed by atoms with E-state index in [0.717, 1.165) is 40.9 Å². The molecule has 0 radical (unpaired) electrons. The molecule has 7 nitrogen and oxygen atoms in total. The highest BCUT2D eigenvalue weighted by Crippen LogP contribution is 2.36. The summed E-state index contributed by atoms with van der Waals surface area (Å²) >= 11 is 0. The lowest BCUT2D eigenvalue weighted by molar-refractivity contribution is -0.146. The topological polar surface area (TPSA) is 91.4 Å². The molecule has 3 amide bonds. The first-order valence-electron chi connectivity index (χ1n) is 10.8. The van der Waals surface area contributed by atoms with Gasteiger partial charge in [0.15, 0.2) is 0 Å². The van der Waals surface area contributed by atoms with Crippen LogP contribution in [-0.4, -0.2) is 34.2 Å². The van der Waals surface area contributed by atoms with Crippen molar-refractivity contribution in [2.45, 2.75) is 52.5 Å². The molecular weight excluding hydrogens is 392 g/mol. The molecule has 0 unspecified atom stereocenters. The van der Waals surface area contributed by atoms with Crippen LogP contribution in [0.2, 0.25) is 0 Å². The largest absolute Gasteiger partial charge is 0.327 e. The zero-order valence-corrected chi connectivity index (χ0v) is 18.2. The first-order valence-corrected chi connectivity index (χ1v) is 10.8. The third-order valence-electron chi connectivity index (χ3n) is 6.28. The second kappa shape index (κ2) is 8.49. The van der Waals surface area contributed by atoms with Gasteiger partial charge in [0.1, 0.15) is 0 Å². The lowest BCUT2D eigenvalue weighted by Gasteiger charge is -2.39. The van der Waals surface area contributed by atoms with Gasteiger partial charge in [-0.15, -0.1) is 0 Å². The fourth-order valence-corrected chi connectivity index (χ4v) is 4.36. The molecule has 1 aromatic carbocycles. The summed E-state index contributed by atoms with van der Waals surface area (Å²) in [5.74, 6) is -0.815. The number of pyridine rings is 1. The van der Waals surface area contributed by atoms with E-state index in [4.69, 9.17) is 0 Å². The van der Waals surface area contributed by atoms with Crippen LogP contribution in [-0.2, 0) is 20.8 Å². The van der Waals surface area contributed by atoms with Crippen molar-refractivity contribution < 1.29 is 14.4 Å². The maximum atomic E-state index is 13.2. The molecule has 162 valence electrons. The normalized spacial score (nSPS) is 20.6. The van der Waals surface area contributed by atoms with E-state index in [-0.39, 0.29) is 11.9 Å². The monoisotopic (exact) mass is 420 g/mol. The van der Waals surface area contributed by atoms with Crippen molar-refractivity contribution >= 4 is 29.1 Å². The highest BCUT2D eigenvalue weighted by Gasteiger charge is 2.34. The number of nitrogens with zero attached hydrogens (tertiary/aromatic N) is 2. The molecule has 0 bridgehead atoms. The summed E-state index contributed by atoms with van der Waals surface area (Å²) in [4.78, 5) is 43.5. The Hall–Kier alpha value is -3.22. The summed E-state index contributed by atoms with van der Waals surface area (Å²) in [6.45, 7) is 6.45. The molecule has 0 saturated carbocycles. The Morgan fingerprint density at radius 3 is 2.74 bits per heavy atom. The Labute approximate surface area is 182 Å². The van der Waals surface area contributed by atoms with Gasteiger partial charge in [-0.1, -0.05) is 19.1 Å². The molecule has 1 aromatic heterocycles. The number of nitrogens with one attached hydrogen (secondary N) is 2. The summed E-state index contributed by atoms with van der Waals surface area (Å²) in [7, 11) is 0. The van der Waals surface area contributed by atoms with Gasteiger partial charge in [-0.2, -0.15) is 0 Å². The standard InChI is InChI=1S/C24H28N4O3/c1-14-4-8-21(18-5-7-20-17(11-18)6-9-22(29)27-20)28(13-14)24(31)23(30)26-19-10-15(2)16(3)25-12-19/h5,7,10-12,14,21H,4,6,8-9,13H2,1-3H3,(H,26,30)(H,27,29)/t14-,21+/m1/s1. The van der Waals surface area contributed by atoms with Crippen LogP contribution in [0.15, 0.2) is 30.5 Å². The lowest BCUT2D eigenvalue weighted by Crippen LogP contribution is -2.46. The predicted octanol–water partition coefficient (Wildman–Crippen LogP) is 3.52. The number of carbonyl (C=O) groups is 3. The van der Waals surface area contributed by atoms with Crippen LogP contribution in [0.25, 0.3) is 0 Å². The number of hydrogen-bond acceptors (Lipinski definition) is 4. The molecule has 2 aliphatic heterocycles. The van der Waals surface area contributed by atoms with Crippen LogP contribution in [0.5, 0.6) is 0 Å². The van der Waals surface area contributed by atoms with Gasteiger partial charge in [0.05, 0.1) is 17.9 Å². The molecule has 1 fully saturated rings. The van der Waals surface area contributed by atoms with Crippen LogP contribution in [0.4, 0.5) is 11.4 Å². The smallest absolute Gasteiger partial charge is 0.313 e. The first kappa shape index (κ1) is 21.0. The maximum Gasteiger partial charge on any atom is 0.313 e. The lowest BCUT2D eigenvalue weighted by atomic mass is 9.88. The minimum absolute atomic E-state index is 0.0287. The molecular formula is C24H28N4O3. The SMILES string of the molecule is Cc1cc(NC(=O)C(=O)N2C[C@H](C)CC[C@H]2c2ccc3c(c2)CCC(=O)N3)cnc1C. The second-order valence-corrected chi connectivity index (χ2v) is 8.70. The molecule has 1 saturated heterocycles. The van der Waals surface area contributed by atoms with Gasteiger partial charge >= 0.3 is 11.8 Å². The number of amides is 3. The van der Waals surface area contributed by atoms with E-state index in [0.29, 0.717) is 31.0 Å². The highest BCUT2D eigenvalue weighted by molar-refractivity contribution is 6.39. The van der Waals surface area contributed by atoms with Crippen molar-refractivity contribution in [3.63, 3.8) is 0 Å². The van der Waals surface area contributed by atoms with Crippen LogP contribution >= 0.6 is 0 Å². The number of fused-ring (bicyclic) bond motifs is 1. The average Bonchev–Trinajstić information content (AvgIpc) is 2.75. The van der Waals surface area contributed by atoms with Gasteiger partial charge in [-0.25, -0.2) is 0 Å². The van der Waals surface area contributed by atoms with Crippen molar-refractivity contribution in [3.05, 3.63) is 52.8 Å². The van der Waals surface area contributed by atoms with Crippen molar-refractivity contribution in [1.29, 1.82) is 0 Å². The zero-order valence-electron chi connectivity index (χ0n) is 18.2. The van der Waals surface area contributed by atoms with Crippen molar-refractivity contribution in [1.82, 2.24) is 9.88 Å². The van der Waals surface area contributed by atoms with Crippen LogP contribution in [0.3, 0.4) is 0 Å². The van der Waals surface area contributed by atoms with Crippen molar-refractivity contribution in [3.8, 4) is 0 Å². The summed E-state index contributed by atoms with van der Waals surface area (Å²) in [6.07, 6.45) is 4.52. The average molecular weight is 421 g/mol. The van der Waals surface area contributed by atoms with E-state index in [2.05, 4.69) is 28.6 Å². The molecule has 3 heterocycles. The Kier molecular flexibility index (Phi) is 5.76. The molecule has 2 aliphatic rings. The van der Waals surface area contributed by atoms with Crippen LogP contribution < -0.4 is 10.6 Å². The maximum absolute atomic E-state index is 13.2. The summed E-state index contributed by atoms with van der Waals surface area (Å²) in [5, 5.41) is 5.60. The van der Waals surface area contributed by atoms with Crippen LogP contribution in [0.1, 0.15) is 54.6 Å². The van der Waals surface area contributed by atoms with E-state index < -0.39 is 11.8 Å². The summed E-state index contributed by atoms with van der Waals surface area (Å²) < 4.78 is 0. The van der Waals surface area contributed by atoms with Gasteiger partial charge in [0.2, 0.25) is 5.91 Å². The zero-order chi connectivity index (χ0) is 22.1. The van der Waals surface area contributed by atoms with E-state index in [1.54, 1.807) is 11.1 Å². The third-order valence-corrected chi connectivity index (χ3v) is 6.28. The molecule has 2 N–H and O–H groups in total. The van der Waals surface area contributed by atoms with Gasteiger partial charge < -0.3 is 15.5 Å². The second-order valence-electron chi connectivity index (χ2n) is 8.70. The number of hydrogen-bond donors (Lipinski definition) is 2. The number of likely N-dealkylation sites (tertiary alicyclic amines) is 1. The van der Waals surface area contributed by atoms with Gasteiger partial charge in [-0.3, -0.25) is 19.4 Å². The Morgan fingerprint density at radius 2 is 1.97 bits per heavy atom.